The number of aromatic nitrogens is 1. The molecule has 3 rings (SSSR count). The van der Waals surface area contributed by atoms with Gasteiger partial charge in [0.1, 0.15) is 11.0 Å². The van der Waals surface area contributed by atoms with Crippen molar-refractivity contribution in [3.63, 3.8) is 0 Å². The average Bonchev–Trinajstić information content (AvgIpc) is 3.25. The molecule has 1 aromatic carbocycles. The van der Waals surface area contributed by atoms with Crippen molar-refractivity contribution in [2.45, 2.75) is 24.9 Å². The Bertz CT molecular complexity index is 690. The van der Waals surface area contributed by atoms with Crippen LogP contribution in [0.15, 0.2) is 41.9 Å². The number of hydrogen-bond acceptors (Lipinski definition) is 5. The summed E-state index contributed by atoms with van der Waals surface area (Å²) in [6.07, 6.45) is 3.33. The van der Waals surface area contributed by atoms with Gasteiger partial charge < -0.3 is 11.1 Å². The molecule has 0 spiro atoms. The Morgan fingerprint density at radius 1 is 1.38 bits per heavy atom. The number of rotatable bonds is 6. The number of carbonyl (C=O) groups is 2. The highest BCUT2D eigenvalue weighted by Gasteiger charge is 2.31. The van der Waals surface area contributed by atoms with Gasteiger partial charge in [0, 0.05) is 11.6 Å². The molecule has 24 heavy (non-hydrogen) atoms. The van der Waals surface area contributed by atoms with Crippen molar-refractivity contribution in [2.24, 2.45) is 5.73 Å². The van der Waals surface area contributed by atoms with Crippen molar-refractivity contribution in [2.75, 3.05) is 13.1 Å². The van der Waals surface area contributed by atoms with Crippen molar-refractivity contribution in [3.8, 4) is 0 Å². The summed E-state index contributed by atoms with van der Waals surface area (Å²) in [4.78, 5) is 30.2. The van der Waals surface area contributed by atoms with Gasteiger partial charge in [-0.1, -0.05) is 30.3 Å². The summed E-state index contributed by atoms with van der Waals surface area (Å²) >= 11 is 1.50. The number of amides is 2. The average molecular weight is 344 g/mol. The van der Waals surface area contributed by atoms with E-state index in [4.69, 9.17) is 5.73 Å². The third-order valence-electron chi connectivity index (χ3n) is 4.18. The van der Waals surface area contributed by atoms with Crippen LogP contribution in [-0.2, 0) is 9.59 Å². The number of nitrogens with two attached hydrogens (primary N) is 1. The minimum Gasteiger partial charge on any atom is -0.368 e. The Morgan fingerprint density at radius 2 is 2.17 bits per heavy atom. The van der Waals surface area contributed by atoms with E-state index in [0.29, 0.717) is 6.54 Å². The van der Waals surface area contributed by atoms with Crippen LogP contribution in [0, 0.1) is 0 Å². The molecular formula is C17H20N4O2S. The number of nitrogens with zero attached hydrogens (tertiary/aromatic N) is 2. The van der Waals surface area contributed by atoms with Crippen LogP contribution in [0.1, 0.15) is 29.5 Å². The molecule has 126 valence electrons. The van der Waals surface area contributed by atoms with Gasteiger partial charge in [0.05, 0.1) is 12.6 Å². The van der Waals surface area contributed by atoms with E-state index in [1.807, 2.05) is 40.6 Å². The van der Waals surface area contributed by atoms with Crippen LogP contribution < -0.4 is 11.1 Å². The molecule has 1 aliphatic rings. The molecule has 2 amide bonds. The van der Waals surface area contributed by atoms with Gasteiger partial charge >= 0.3 is 0 Å². The standard InChI is InChI=1S/C17H20N4O2S/c18-16(23)13-7-4-9-21(13)11-14(22)20-15(17-19-8-10-24-17)12-5-2-1-3-6-12/h1-3,5-6,8,10,13,15H,4,7,9,11H2,(H2,18,23)(H,20,22). The van der Waals surface area contributed by atoms with Crippen LogP contribution in [0.2, 0.25) is 0 Å². The molecule has 6 nitrogen and oxygen atoms in total. The monoisotopic (exact) mass is 344 g/mol. The lowest BCUT2D eigenvalue weighted by Crippen LogP contribution is -2.46. The summed E-state index contributed by atoms with van der Waals surface area (Å²) in [5.74, 6) is -0.493. The largest absolute Gasteiger partial charge is 0.368 e. The fourth-order valence-corrected chi connectivity index (χ4v) is 3.75. The van der Waals surface area contributed by atoms with Gasteiger partial charge in [-0.05, 0) is 24.9 Å². The van der Waals surface area contributed by atoms with Gasteiger partial charge in [-0.2, -0.15) is 0 Å². The molecule has 0 bridgehead atoms. The van der Waals surface area contributed by atoms with E-state index in [-0.39, 0.29) is 30.4 Å². The first-order chi connectivity index (χ1) is 11.6. The van der Waals surface area contributed by atoms with E-state index in [0.717, 1.165) is 23.4 Å². The zero-order valence-electron chi connectivity index (χ0n) is 13.2. The van der Waals surface area contributed by atoms with Crippen LogP contribution in [0.4, 0.5) is 0 Å². The van der Waals surface area contributed by atoms with Gasteiger partial charge in [0.15, 0.2) is 0 Å². The fraction of sp³-hybridized carbons (Fsp3) is 0.353. The van der Waals surface area contributed by atoms with Crippen LogP contribution in [0.25, 0.3) is 0 Å². The summed E-state index contributed by atoms with van der Waals surface area (Å²) in [5.41, 5.74) is 6.39. The molecule has 2 atom stereocenters. The van der Waals surface area contributed by atoms with Crippen LogP contribution in [-0.4, -0.2) is 40.8 Å². The van der Waals surface area contributed by atoms with Gasteiger partial charge in [-0.15, -0.1) is 11.3 Å². The van der Waals surface area contributed by atoms with Crippen molar-refractivity contribution in [1.82, 2.24) is 15.2 Å². The Morgan fingerprint density at radius 3 is 2.83 bits per heavy atom. The summed E-state index contributed by atoms with van der Waals surface area (Å²) in [6.45, 7) is 0.886. The van der Waals surface area contributed by atoms with E-state index in [1.165, 1.54) is 11.3 Å². The smallest absolute Gasteiger partial charge is 0.235 e. The molecule has 2 aromatic rings. The molecule has 7 heteroatoms. The van der Waals surface area contributed by atoms with E-state index in [2.05, 4.69) is 10.3 Å². The number of carbonyl (C=O) groups excluding carboxylic acids is 2. The summed E-state index contributed by atoms with van der Waals surface area (Å²) < 4.78 is 0. The number of thiazole rings is 1. The minimum atomic E-state index is -0.361. The second-order valence-corrected chi connectivity index (χ2v) is 6.74. The molecule has 0 saturated carbocycles. The molecule has 2 heterocycles. The minimum absolute atomic E-state index is 0.132. The highest BCUT2D eigenvalue weighted by atomic mass is 32.1. The van der Waals surface area contributed by atoms with Crippen LogP contribution in [0.3, 0.4) is 0 Å². The topological polar surface area (TPSA) is 88.3 Å². The SMILES string of the molecule is NC(=O)C1CCCN1CC(=O)NC(c1ccccc1)c1nccs1. The molecule has 1 fully saturated rings. The first-order valence-electron chi connectivity index (χ1n) is 7.92. The molecule has 2 unspecified atom stereocenters. The van der Waals surface area contributed by atoms with Crippen molar-refractivity contribution in [1.29, 1.82) is 0 Å². The van der Waals surface area contributed by atoms with Crippen molar-refractivity contribution >= 4 is 23.2 Å². The van der Waals surface area contributed by atoms with Gasteiger partial charge in [0.2, 0.25) is 11.8 Å². The maximum absolute atomic E-state index is 12.5. The van der Waals surface area contributed by atoms with Crippen molar-refractivity contribution in [3.05, 3.63) is 52.5 Å². The zero-order chi connectivity index (χ0) is 16.9. The quantitative estimate of drug-likeness (QED) is 0.827. The highest BCUT2D eigenvalue weighted by molar-refractivity contribution is 7.09. The van der Waals surface area contributed by atoms with Crippen LogP contribution in [0.5, 0.6) is 0 Å². The first-order valence-corrected chi connectivity index (χ1v) is 8.80. The number of primary amides is 1. The summed E-state index contributed by atoms with van der Waals surface area (Å²) in [7, 11) is 0. The van der Waals surface area contributed by atoms with E-state index in [9.17, 15) is 9.59 Å². The molecule has 0 radical (unpaired) electrons. The van der Waals surface area contributed by atoms with E-state index in [1.54, 1.807) is 6.20 Å². The maximum Gasteiger partial charge on any atom is 0.235 e. The second-order valence-electron chi connectivity index (χ2n) is 5.81. The van der Waals surface area contributed by atoms with Gasteiger partial charge in [0.25, 0.3) is 0 Å². The molecule has 1 aliphatic heterocycles. The summed E-state index contributed by atoms with van der Waals surface area (Å²) in [6, 6.07) is 9.12. The van der Waals surface area contributed by atoms with Gasteiger partial charge in [-0.25, -0.2) is 4.98 Å². The highest BCUT2D eigenvalue weighted by Crippen LogP contribution is 2.24. The molecule has 1 aromatic heterocycles. The third-order valence-corrected chi connectivity index (χ3v) is 5.02. The molecular weight excluding hydrogens is 324 g/mol. The second kappa shape index (κ2) is 7.55. The lowest BCUT2D eigenvalue weighted by molar-refractivity contribution is -0.126. The maximum atomic E-state index is 12.5. The Balaban J connectivity index is 1.71. The molecule has 3 N–H and O–H groups in total. The Labute approximate surface area is 144 Å². The predicted molar refractivity (Wildman–Crippen MR) is 92.3 cm³/mol. The lowest BCUT2D eigenvalue weighted by atomic mass is 10.1. The fourth-order valence-electron chi connectivity index (χ4n) is 3.04. The number of likely N-dealkylation sites (tertiary alicyclic amines) is 1. The number of hydrogen-bond donors (Lipinski definition) is 2. The zero-order valence-corrected chi connectivity index (χ0v) is 14.0. The summed E-state index contributed by atoms with van der Waals surface area (Å²) in [5, 5.41) is 5.76. The Hall–Kier alpha value is -2.25. The van der Waals surface area contributed by atoms with E-state index < -0.39 is 0 Å². The third kappa shape index (κ3) is 3.80. The van der Waals surface area contributed by atoms with Crippen LogP contribution >= 0.6 is 11.3 Å². The first kappa shape index (κ1) is 16.6. The van der Waals surface area contributed by atoms with Crippen molar-refractivity contribution < 1.29 is 9.59 Å². The molecule has 0 aliphatic carbocycles. The Kier molecular flexibility index (Phi) is 5.22. The lowest BCUT2D eigenvalue weighted by Gasteiger charge is -2.23. The predicted octanol–water partition coefficient (Wildman–Crippen LogP) is 1.30. The molecule has 1 saturated heterocycles. The normalized spacial score (nSPS) is 19.1. The van der Waals surface area contributed by atoms with E-state index >= 15 is 0 Å². The van der Waals surface area contributed by atoms with Gasteiger partial charge in [-0.3, -0.25) is 14.5 Å². The number of benzene rings is 1. The number of nitrogens with one attached hydrogen (secondary N) is 1.